The SMILES string of the molecule is NC1CCC([n+]2ccccn2)CC1. The Labute approximate surface area is 78.6 Å². The van der Waals surface area contributed by atoms with Crippen LogP contribution in [0.25, 0.3) is 0 Å². The van der Waals surface area contributed by atoms with Gasteiger partial charge in [0.1, 0.15) is 0 Å². The van der Waals surface area contributed by atoms with Gasteiger partial charge in [-0.1, -0.05) is 4.68 Å². The summed E-state index contributed by atoms with van der Waals surface area (Å²) in [6.45, 7) is 0. The van der Waals surface area contributed by atoms with Crippen LogP contribution < -0.4 is 10.4 Å². The van der Waals surface area contributed by atoms with Crippen molar-refractivity contribution in [2.45, 2.75) is 37.8 Å². The summed E-state index contributed by atoms with van der Waals surface area (Å²) in [6.07, 6.45) is 8.49. The minimum Gasteiger partial charge on any atom is -0.328 e. The number of rotatable bonds is 1. The van der Waals surface area contributed by atoms with Gasteiger partial charge in [0, 0.05) is 24.9 Å². The summed E-state index contributed by atoms with van der Waals surface area (Å²) in [6, 6.07) is 4.97. The second kappa shape index (κ2) is 3.83. The molecule has 0 radical (unpaired) electrons. The Balaban J connectivity index is 2.03. The van der Waals surface area contributed by atoms with Gasteiger partial charge in [0.25, 0.3) is 0 Å². The average Bonchev–Trinajstić information content (AvgIpc) is 2.20. The molecule has 1 fully saturated rings. The summed E-state index contributed by atoms with van der Waals surface area (Å²) in [5.74, 6) is 0. The van der Waals surface area contributed by atoms with E-state index in [1.54, 1.807) is 0 Å². The predicted molar refractivity (Wildman–Crippen MR) is 49.9 cm³/mol. The van der Waals surface area contributed by atoms with E-state index in [0.717, 1.165) is 12.8 Å². The fraction of sp³-hybridized carbons (Fsp3) is 0.600. The third kappa shape index (κ3) is 2.04. The Hall–Kier alpha value is -0.960. The standard InChI is InChI=1S/C10H16N3/c11-9-3-5-10(6-4-9)13-8-2-1-7-12-13/h1-2,7-10H,3-6,11H2/q+1. The minimum absolute atomic E-state index is 0.417. The normalized spacial score (nSPS) is 28.7. The van der Waals surface area contributed by atoms with E-state index in [4.69, 9.17) is 5.73 Å². The first-order valence-corrected chi connectivity index (χ1v) is 4.94. The maximum Gasteiger partial charge on any atom is 0.196 e. The Morgan fingerprint density at radius 3 is 2.54 bits per heavy atom. The molecule has 1 saturated carbocycles. The molecule has 0 spiro atoms. The highest BCUT2D eigenvalue weighted by atomic mass is 15.3. The van der Waals surface area contributed by atoms with Crippen molar-refractivity contribution in [2.24, 2.45) is 5.73 Å². The number of aromatic nitrogens is 2. The highest BCUT2D eigenvalue weighted by Gasteiger charge is 2.25. The first kappa shape index (κ1) is 8.63. The highest BCUT2D eigenvalue weighted by Crippen LogP contribution is 2.22. The Morgan fingerprint density at radius 1 is 1.15 bits per heavy atom. The molecule has 2 N–H and O–H groups in total. The monoisotopic (exact) mass is 178 g/mol. The van der Waals surface area contributed by atoms with Gasteiger partial charge in [-0.2, -0.15) is 0 Å². The lowest BCUT2D eigenvalue weighted by Crippen LogP contribution is -2.45. The Kier molecular flexibility index (Phi) is 2.54. The Bertz CT molecular complexity index is 252. The molecule has 0 saturated heterocycles. The van der Waals surface area contributed by atoms with E-state index >= 15 is 0 Å². The summed E-state index contributed by atoms with van der Waals surface area (Å²) < 4.78 is 2.06. The number of nitrogens with two attached hydrogens (primary N) is 1. The van der Waals surface area contributed by atoms with Crippen molar-refractivity contribution in [2.75, 3.05) is 0 Å². The maximum absolute atomic E-state index is 5.85. The predicted octanol–water partition coefficient (Wildman–Crippen LogP) is 0.811. The van der Waals surface area contributed by atoms with E-state index in [1.807, 2.05) is 24.5 Å². The van der Waals surface area contributed by atoms with Crippen LogP contribution in [0.4, 0.5) is 0 Å². The van der Waals surface area contributed by atoms with Crippen molar-refractivity contribution in [1.29, 1.82) is 0 Å². The zero-order chi connectivity index (χ0) is 9.10. The molecule has 0 aromatic carbocycles. The molecular weight excluding hydrogens is 162 g/mol. The number of hydrogen-bond donors (Lipinski definition) is 1. The van der Waals surface area contributed by atoms with E-state index < -0.39 is 0 Å². The summed E-state index contributed by atoms with van der Waals surface area (Å²) in [5.41, 5.74) is 5.85. The van der Waals surface area contributed by atoms with E-state index in [2.05, 4.69) is 9.78 Å². The van der Waals surface area contributed by atoms with Crippen molar-refractivity contribution < 1.29 is 4.68 Å². The van der Waals surface area contributed by atoms with Gasteiger partial charge in [-0.05, 0) is 24.0 Å². The van der Waals surface area contributed by atoms with Gasteiger partial charge in [-0.3, -0.25) is 0 Å². The molecule has 13 heavy (non-hydrogen) atoms. The summed E-state index contributed by atoms with van der Waals surface area (Å²) in [4.78, 5) is 0. The topological polar surface area (TPSA) is 42.8 Å². The van der Waals surface area contributed by atoms with Crippen LogP contribution in [-0.2, 0) is 0 Å². The van der Waals surface area contributed by atoms with Crippen LogP contribution in [0.1, 0.15) is 31.7 Å². The number of hydrogen-bond acceptors (Lipinski definition) is 2. The van der Waals surface area contributed by atoms with E-state index in [1.165, 1.54) is 12.8 Å². The van der Waals surface area contributed by atoms with Crippen LogP contribution in [0.15, 0.2) is 24.5 Å². The van der Waals surface area contributed by atoms with Crippen LogP contribution in [0.5, 0.6) is 0 Å². The molecule has 0 aliphatic heterocycles. The zero-order valence-electron chi connectivity index (χ0n) is 7.76. The molecule has 0 amide bonds. The van der Waals surface area contributed by atoms with Gasteiger partial charge >= 0.3 is 0 Å². The summed E-state index contributed by atoms with van der Waals surface area (Å²) in [7, 11) is 0. The van der Waals surface area contributed by atoms with Crippen molar-refractivity contribution in [1.82, 2.24) is 5.10 Å². The fourth-order valence-electron chi connectivity index (χ4n) is 1.92. The van der Waals surface area contributed by atoms with Gasteiger partial charge in [0.15, 0.2) is 12.2 Å². The summed E-state index contributed by atoms with van der Waals surface area (Å²) in [5, 5.41) is 4.30. The van der Waals surface area contributed by atoms with Crippen LogP contribution in [0, 0.1) is 0 Å². The molecule has 1 heterocycles. The molecule has 1 aliphatic carbocycles. The summed E-state index contributed by atoms with van der Waals surface area (Å²) >= 11 is 0. The molecule has 3 heteroatoms. The second-order valence-corrected chi connectivity index (χ2v) is 3.75. The van der Waals surface area contributed by atoms with Gasteiger partial charge in [-0.15, -0.1) is 0 Å². The third-order valence-electron chi connectivity index (χ3n) is 2.75. The largest absolute Gasteiger partial charge is 0.328 e. The van der Waals surface area contributed by atoms with E-state index in [0.29, 0.717) is 12.1 Å². The average molecular weight is 178 g/mol. The minimum atomic E-state index is 0.417. The van der Waals surface area contributed by atoms with Crippen LogP contribution in [0.3, 0.4) is 0 Å². The van der Waals surface area contributed by atoms with Crippen molar-refractivity contribution in [3.8, 4) is 0 Å². The van der Waals surface area contributed by atoms with Crippen molar-refractivity contribution in [3.05, 3.63) is 24.5 Å². The smallest absolute Gasteiger partial charge is 0.196 e. The molecule has 0 unspecified atom stereocenters. The molecular formula is C10H16N3+. The molecule has 1 aromatic rings. The zero-order valence-corrected chi connectivity index (χ0v) is 7.76. The quantitative estimate of drug-likeness (QED) is 0.647. The van der Waals surface area contributed by atoms with E-state index in [9.17, 15) is 0 Å². The lowest BCUT2D eigenvalue weighted by molar-refractivity contribution is -0.779. The van der Waals surface area contributed by atoms with Crippen LogP contribution in [-0.4, -0.2) is 11.1 Å². The van der Waals surface area contributed by atoms with Crippen LogP contribution in [0.2, 0.25) is 0 Å². The molecule has 3 nitrogen and oxygen atoms in total. The lowest BCUT2D eigenvalue weighted by atomic mass is 9.92. The molecule has 0 atom stereocenters. The first-order chi connectivity index (χ1) is 6.36. The first-order valence-electron chi connectivity index (χ1n) is 4.94. The molecule has 0 bridgehead atoms. The molecule has 2 rings (SSSR count). The molecule has 1 aliphatic rings. The van der Waals surface area contributed by atoms with Gasteiger partial charge < -0.3 is 5.73 Å². The maximum atomic E-state index is 5.85. The highest BCUT2D eigenvalue weighted by molar-refractivity contribution is 4.78. The molecule has 1 aromatic heterocycles. The van der Waals surface area contributed by atoms with Crippen molar-refractivity contribution in [3.63, 3.8) is 0 Å². The Morgan fingerprint density at radius 2 is 1.92 bits per heavy atom. The molecule has 70 valence electrons. The number of nitrogens with zero attached hydrogens (tertiary/aromatic N) is 2. The van der Waals surface area contributed by atoms with Gasteiger partial charge in [0.05, 0.1) is 6.20 Å². The van der Waals surface area contributed by atoms with Crippen LogP contribution >= 0.6 is 0 Å². The van der Waals surface area contributed by atoms with Gasteiger partial charge in [0.2, 0.25) is 0 Å². The van der Waals surface area contributed by atoms with Crippen molar-refractivity contribution >= 4 is 0 Å². The van der Waals surface area contributed by atoms with Gasteiger partial charge in [-0.25, -0.2) is 0 Å². The second-order valence-electron chi connectivity index (χ2n) is 3.75. The lowest BCUT2D eigenvalue weighted by Gasteiger charge is -2.20. The fourth-order valence-corrected chi connectivity index (χ4v) is 1.92. The van der Waals surface area contributed by atoms with E-state index in [-0.39, 0.29) is 0 Å². The third-order valence-corrected chi connectivity index (χ3v) is 2.75.